The van der Waals surface area contributed by atoms with E-state index < -0.39 is 15.6 Å². The number of sulfonamides is 1. The van der Waals surface area contributed by atoms with E-state index in [4.69, 9.17) is 0 Å². The Labute approximate surface area is 128 Å². The van der Waals surface area contributed by atoms with Crippen LogP contribution in [-0.4, -0.2) is 30.7 Å². The zero-order valence-corrected chi connectivity index (χ0v) is 14.3. The Kier molecular flexibility index (Phi) is 6.83. The van der Waals surface area contributed by atoms with Crippen molar-refractivity contribution in [2.45, 2.75) is 70.5 Å². The number of H-pyrrole nitrogens is 1. The van der Waals surface area contributed by atoms with Crippen molar-refractivity contribution in [2.75, 3.05) is 6.54 Å². The molecule has 0 bridgehead atoms. The number of rotatable bonds is 10. The molecular formula is C14H28N4O2S. The van der Waals surface area contributed by atoms with Crippen molar-refractivity contribution < 1.29 is 8.42 Å². The first-order valence-corrected chi connectivity index (χ1v) is 9.19. The van der Waals surface area contributed by atoms with Crippen molar-refractivity contribution in [3.8, 4) is 0 Å². The van der Waals surface area contributed by atoms with Crippen LogP contribution < -0.4 is 10.0 Å². The molecule has 0 saturated heterocycles. The van der Waals surface area contributed by atoms with Crippen LogP contribution in [0.2, 0.25) is 0 Å². The van der Waals surface area contributed by atoms with Gasteiger partial charge >= 0.3 is 0 Å². The fourth-order valence-corrected chi connectivity index (χ4v) is 4.11. The molecule has 3 N–H and O–H groups in total. The average Bonchev–Trinajstić information content (AvgIpc) is 2.95. The number of hydrogen-bond acceptors (Lipinski definition) is 4. The Morgan fingerprint density at radius 3 is 2.33 bits per heavy atom. The molecule has 0 aromatic carbocycles. The van der Waals surface area contributed by atoms with Crippen LogP contribution >= 0.6 is 0 Å². The number of aromatic nitrogens is 2. The third-order valence-corrected chi connectivity index (χ3v) is 5.66. The summed E-state index contributed by atoms with van der Waals surface area (Å²) < 4.78 is 28.1. The van der Waals surface area contributed by atoms with Crippen LogP contribution in [0.1, 0.15) is 58.9 Å². The minimum Gasteiger partial charge on any atom is -0.313 e. The van der Waals surface area contributed by atoms with Gasteiger partial charge < -0.3 is 5.32 Å². The van der Waals surface area contributed by atoms with Gasteiger partial charge in [-0.05, 0) is 32.2 Å². The minimum atomic E-state index is -3.59. The topological polar surface area (TPSA) is 86.9 Å². The highest BCUT2D eigenvalue weighted by molar-refractivity contribution is 7.89. The van der Waals surface area contributed by atoms with Gasteiger partial charge in [0, 0.05) is 17.6 Å². The lowest BCUT2D eigenvalue weighted by atomic mass is 9.91. The van der Waals surface area contributed by atoms with Crippen molar-refractivity contribution in [1.29, 1.82) is 0 Å². The molecule has 0 aliphatic rings. The second-order valence-electron chi connectivity index (χ2n) is 5.35. The van der Waals surface area contributed by atoms with Crippen molar-refractivity contribution in [2.24, 2.45) is 0 Å². The molecule has 0 saturated carbocycles. The molecule has 0 fully saturated rings. The maximum Gasteiger partial charge on any atom is 0.258 e. The highest BCUT2D eigenvalue weighted by Crippen LogP contribution is 2.23. The molecular weight excluding hydrogens is 288 g/mol. The van der Waals surface area contributed by atoms with Crippen LogP contribution in [0.25, 0.3) is 0 Å². The van der Waals surface area contributed by atoms with Gasteiger partial charge in [0.2, 0.25) is 0 Å². The van der Waals surface area contributed by atoms with Gasteiger partial charge in [-0.15, -0.1) is 0 Å². The van der Waals surface area contributed by atoms with Gasteiger partial charge in [0.05, 0.1) is 6.20 Å². The summed E-state index contributed by atoms with van der Waals surface area (Å²) in [6.07, 6.45) is 4.86. The molecule has 6 nitrogen and oxygen atoms in total. The van der Waals surface area contributed by atoms with Crippen LogP contribution in [0.3, 0.4) is 0 Å². The number of nitrogens with one attached hydrogen (secondary N) is 3. The predicted molar refractivity (Wildman–Crippen MR) is 84.5 cm³/mol. The highest BCUT2D eigenvalue weighted by atomic mass is 32.2. The van der Waals surface area contributed by atoms with Gasteiger partial charge in [0.25, 0.3) is 10.0 Å². The number of nitrogens with zero attached hydrogens (tertiary/aromatic N) is 1. The second-order valence-corrected chi connectivity index (χ2v) is 6.97. The molecule has 7 heteroatoms. The summed E-state index contributed by atoms with van der Waals surface area (Å²) in [6, 6.07) is 0. The van der Waals surface area contributed by atoms with Gasteiger partial charge in [-0.25, -0.2) is 13.1 Å². The lowest BCUT2D eigenvalue weighted by molar-refractivity contribution is 0.341. The lowest BCUT2D eigenvalue weighted by Gasteiger charge is -2.31. The van der Waals surface area contributed by atoms with Crippen molar-refractivity contribution in [3.05, 3.63) is 11.8 Å². The normalized spacial score (nSPS) is 12.8. The molecule has 0 aliphatic heterocycles. The molecule has 1 aromatic rings. The van der Waals surface area contributed by atoms with Crippen molar-refractivity contribution in [1.82, 2.24) is 20.2 Å². The maximum absolute atomic E-state index is 12.6. The molecule has 21 heavy (non-hydrogen) atoms. The molecule has 0 amide bonds. The average molecular weight is 316 g/mol. The van der Waals surface area contributed by atoms with E-state index >= 15 is 0 Å². The van der Waals surface area contributed by atoms with Crippen LogP contribution in [0, 0.1) is 0 Å². The van der Waals surface area contributed by atoms with Gasteiger partial charge in [-0.2, -0.15) is 5.10 Å². The Morgan fingerprint density at radius 1 is 1.19 bits per heavy atom. The summed E-state index contributed by atoms with van der Waals surface area (Å²) in [5.41, 5.74) is 0.283. The van der Waals surface area contributed by atoms with E-state index in [-0.39, 0.29) is 5.03 Å². The predicted octanol–water partition coefficient (Wildman–Crippen LogP) is 2.16. The van der Waals surface area contributed by atoms with Crippen LogP contribution in [0.4, 0.5) is 0 Å². The molecule has 1 heterocycles. The molecule has 1 aromatic heterocycles. The SMILES string of the molecule is CCCNCc1cn[nH]c1S(=O)(=O)NC(CC)(CC)CC. The fourth-order valence-electron chi connectivity index (χ4n) is 2.36. The fraction of sp³-hybridized carbons (Fsp3) is 0.786. The standard InChI is InChI=1S/C14H28N4O2S/c1-5-9-15-10-12-11-16-17-13(12)21(19,20)18-14(6-2,7-3)8-4/h11,15,18H,5-10H2,1-4H3,(H,16,17). The van der Waals surface area contributed by atoms with E-state index in [2.05, 4.69) is 27.2 Å². The third kappa shape index (κ3) is 4.52. The molecule has 0 atom stereocenters. The summed E-state index contributed by atoms with van der Waals surface area (Å²) >= 11 is 0. The summed E-state index contributed by atoms with van der Waals surface area (Å²) in [6.45, 7) is 9.43. The Morgan fingerprint density at radius 2 is 1.81 bits per heavy atom. The Bertz CT molecular complexity index is 513. The largest absolute Gasteiger partial charge is 0.313 e. The maximum atomic E-state index is 12.6. The summed E-state index contributed by atoms with van der Waals surface area (Å²) in [4.78, 5) is 0. The Hall–Kier alpha value is -0.920. The quantitative estimate of drug-likeness (QED) is 0.577. The summed E-state index contributed by atoms with van der Waals surface area (Å²) in [5, 5.41) is 9.89. The zero-order valence-electron chi connectivity index (χ0n) is 13.5. The smallest absolute Gasteiger partial charge is 0.258 e. The minimum absolute atomic E-state index is 0.172. The van der Waals surface area contributed by atoms with E-state index in [0.717, 1.165) is 32.2 Å². The number of aromatic amines is 1. The van der Waals surface area contributed by atoms with Crippen LogP contribution in [-0.2, 0) is 16.6 Å². The van der Waals surface area contributed by atoms with Crippen molar-refractivity contribution in [3.63, 3.8) is 0 Å². The summed E-state index contributed by atoms with van der Waals surface area (Å²) in [5.74, 6) is 0. The van der Waals surface area contributed by atoms with E-state index in [9.17, 15) is 8.42 Å². The molecule has 1 rings (SSSR count). The zero-order chi connectivity index (χ0) is 15.9. The highest BCUT2D eigenvalue weighted by Gasteiger charge is 2.32. The van der Waals surface area contributed by atoms with Gasteiger partial charge in [-0.3, -0.25) is 5.10 Å². The van der Waals surface area contributed by atoms with Gasteiger partial charge in [-0.1, -0.05) is 27.7 Å². The first-order chi connectivity index (χ1) is 9.94. The number of hydrogen-bond donors (Lipinski definition) is 3. The first kappa shape index (κ1) is 18.1. The monoisotopic (exact) mass is 316 g/mol. The lowest BCUT2D eigenvalue weighted by Crippen LogP contribution is -2.47. The Balaban J connectivity index is 2.95. The molecule has 0 aliphatic carbocycles. The summed E-state index contributed by atoms with van der Waals surface area (Å²) in [7, 11) is -3.59. The van der Waals surface area contributed by atoms with Gasteiger partial charge in [0.15, 0.2) is 5.03 Å². The van der Waals surface area contributed by atoms with Gasteiger partial charge in [0.1, 0.15) is 0 Å². The third-order valence-electron chi connectivity index (χ3n) is 4.07. The molecule has 0 unspecified atom stereocenters. The van der Waals surface area contributed by atoms with Crippen LogP contribution in [0.5, 0.6) is 0 Å². The van der Waals surface area contributed by atoms with E-state index in [1.165, 1.54) is 0 Å². The molecule has 0 spiro atoms. The molecule has 0 radical (unpaired) electrons. The van der Waals surface area contributed by atoms with E-state index in [0.29, 0.717) is 12.1 Å². The van der Waals surface area contributed by atoms with Crippen LogP contribution in [0.15, 0.2) is 11.2 Å². The molecule has 122 valence electrons. The van der Waals surface area contributed by atoms with E-state index in [1.807, 2.05) is 20.8 Å². The van der Waals surface area contributed by atoms with E-state index in [1.54, 1.807) is 6.20 Å². The first-order valence-electron chi connectivity index (χ1n) is 7.71. The second kappa shape index (κ2) is 7.91. The van der Waals surface area contributed by atoms with Crippen molar-refractivity contribution >= 4 is 10.0 Å².